The first-order chi connectivity index (χ1) is 11.6. The molecule has 1 N–H and O–H groups in total. The number of anilines is 1. The fraction of sp³-hybridized carbons (Fsp3) is 0.200. The molecule has 0 aromatic heterocycles. The van der Waals surface area contributed by atoms with E-state index in [1.807, 2.05) is 4.72 Å². The lowest BCUT2D eigenvalue weighted by Gasteiger charge is -2.16. The average molecular weight is 396 g/mol. The molecule has 10 heteroatoms. The fourth-order valence-electron chi connectivity index (χ4n) is 2.04. The first kappa shape index (κ1) is 19.2. The van der Waals surface area contributed by atoms with Crippen molar-refractivity contribution in [3.05, 3.63) is 47.0 Å². The van der Waals surface area contributed by atoms with Gasteiger partial charge in [-0.1, -0.05) is 11.6 Å². The molecule has 0 bridgehead atoms. The molecule has 0 spiro atoms. The van der Waals surface area contributed by atoms with E-state index in [0.717, 1.165) is 12.1 Å². The first-order valence-electron chi connectivity index (χ1n) is 6.70. The summed E-state index contributed by atoms with van der Waals surface area (Å²) in [7, 11) is -1.74. The van der Waals surface area contributed by atoms with Crippen molar-refractivity contribution in [3.8, 4) is 11.5 Å². The van der Waals surface area contributed by atoms with Gasteiger partial charge in [0.1, 0.15) is 16.4 Å². The Balaban J connectivity index is 2.51. The number of methoxy groups -OCH3 is 2. The van der Waals surface area contributed by atoms with Crippen LogP contribution in [0.4, 0.5) is 18.9 Å². The summed E-state index contributed by atoms with van der Waals surface area (Å²) in [5.41, 5.74) is -1.84. The van der Waals surface area contributed by atoms with Gasteiger partial charge in [0.15, 0.2) is 0 Å². The Morgan fingerprint density at radius 1 is 1.04 bits per heavy atom. The van der Waals surface area contributed by atoms with Gasteiger partial charge in [-0.3, -0.25) is 4.72 Å². The van der Waals surface area contributed by atoms with Crippen molar-refractivity contribution in [1.29, 1.82) is 0 Å². The van der Waals surface area contributed by atoms with Crippen LogP contribution in [0.3, 0.4) is 0 Å². The molecule has 0 amide bonds. The number of ether oxygens (including phenoxy) is 2. The Morgan fingerprint density at radius 3 is 2.28 bits per heavy atom. The van der Waals surface area contributed by atoms with E-state index in [0.29, 0.717) is 11.8 Å². The number of sulfonamides is 1. The van der Waals surface area contributed by atoms with Crippen LogP contribution in [0.5, 0.6) is 11.5 Å². The molecule has 5 nitrogen and oxygen atoms in total. The maximum Gasteiger partial charge on any atom is 0.418 e. The topological polar surface area (TPSA) is 64.6 Å². The van der Waals surface area contributed by atoms with Gasteiger partial charge in [0.05, 0.1) is 25.5 Å². The van der Waals surface area contributed by atoms with Crippen LogP contribution in [-0.4, -0.2) is 22.6 Å². The predicted octanol–water partition coefficient (Wildman–Crippen LogP) is 4.18. The normalized spacial score (nSPS) is 11.9. The third-order valence-corrected chi connectivity index (χ3v) is 4.83. The van der Waals surface area contributed by atoms with Crippen LogP contribution in [0.1, 0.15) is 5.56 Å². The maximum atomic E-state index is 13.1. The number of benzene rings is 2. The second-order valence-corrected chi connectivity index (χ2v) is 6.90. The highest BCUT2D eigenvalue weighted by atomic mass is 35.5. The average Bonchev–Trinajstić information content (AvgIpc) is 2.54. The minimum Gasteiger partial charge on any atom is -0.497 e. The summed E-state index contributed by atoms with van der Waals surface area (Å²) in [6.07, 6.45) is -4.78. The molecule has 25 heavy (non-hydrogen) atoms. The zero-order chi connectivity index (χ0) is 18.8. The Bertz CT molecular complexity index is 885. The van der Waals surface area contributed by atoms with Gasteiger partial charge < -0.3 is 9.47 Å². The number of hydrogen-bond donors (Lipinski definition) is 1. The molecule has 0 aliphatic rings. The molecule has 2 aromatic carbocycles. The van der Waals surface area contributed by atoms with E-state index in [1.54, 1.807) is 0 Å². The van der Waals surface area contributed by atoms with Crippen molar-refractivity contribution in [2.45, 2.75) is 11.1 Å². The molecule has 0 unspecified atom stereocenters. The summed E-state index contributed by atoms with van der Waals surface area (Å²) in [5.74, 6) is 0.257. The molecule has 0 radical (unpaired) electrons. The highest BCUT2D eigenvalue weighted by Gasteiger charge is 2.35. The SMILES string of the molecule is COc1ccc(S(=O)(=O)Nc2ccc(Cl)cc2C(F)(F)F)c(OC)c1. The van der Waals surface area contributed by atoms with Crippen molar-refractivity contribution in [2.24, 2.45) is 0 Å². The van der Waals surface area contributed by atoms with Crippen LogP contribution in [0.15, 0.2) is 41.3 Å². The minimum atomic E-state index is -4.78. The number of halogens is 4. The van der Waals surface area contributed by atoms with Crippen molar-refractivity contribution < 1.29 is 31.1 Å². The third kappa shape index (κ3) is 4.29. The Morgan fingerprint density at radius 2 is 1.72 bits per heavy atom. The molecule has 136 valence electrons. The van der Waals surface area contributed by atoms with E-state index in [1.165, 1.54) is 32.4 Å². The first-order valence-corrected chi connectivity index (χ1v) is 8.56. The van der Waals surface area contributed by atoms with E-state index in [9.17, 15) is 21.6 Å². The van der Waals surface area contributed by atoms with Gasteiger partial charge in [-0.15, -0.1) is 0 Å². The van der Waals surface area contributed by atoms with Crippen molar-refractivity contribution in [1.82, 2.24) is 0 Å². The van der Waals surface area contributed by atoms with Gasteiger partial charge in [0, 0.05) is 11.1 Å². The van der Waals surface area contributed by atoms with Crippen LogP contribution < -0.4 is 14.2 Å². The predicted molar refractivity (Wildman–Crippen MR) is 86.8 cm³/mol. The Hall–Kier alpha value is -2.13. The van der Waals surface area contributed by atoms with E-state index in [-0.39, 0.29) is 15.7 Å². The molecular formula is C15H13ClF3NO4S. The molecule has 0 heterocycles. The minimum absolute atomic E-state index is 0.0747. The zero-order valence-corrected chi connectivity index (χ0v) is 14.6. The van der Waals surface area contributed by atoms with Crippen LogP contribution >= 0.6 is 11.6 Å². The van der Waals surface area contributed by atoms with Crippen LogP contribution in [-0.2, 0) is 16.2 Å². The molecule has 0 saturated carbocycles. The van der Waals surface area contributed by atoms with Gasteiger partial charge in [0.25, 0.3) is 10.0 Å². The molecular weight excluding hydrogens is 383 g/mol. The maximum absolute atomic E-state index is 13.1. The zero-order valence-electron chi connectivity index (χ0n) is 13.0. The van der Waals surface area contributed by atoms with E-state index in [4.69, 9.17) is 21.1 Å². The molecule has 0 saturated heterocycles. The molecule has 0 aliphatic carbocycles. The summed E-state index contributed by atoms with van der Waals surface area (Å²) in [6.45, 7) is 0. The van der Waals surface area contributed by atoms with E-state index < -0.39 is 27.5 Å². The standard InChI is InChI=1S/C15H13ClF3NO4S/c1-23-10-4-6-14(13(8-10)24-2)25(21,22)20-12-5-3-9(16)7-11(12)15(17,18)19/h3-8,20H,1-2H3. The van der Waals surface area contributed by atoms with E-state index in [2.05, 4.69) is 0 Å². The van der Waals surface area contributed by atoms with Gasteiger partial charge in [-0.25, -0.2) is 8.42 Å². The molecule has 0 aliphatic heterocycles. The van der Waals surface area contributed by atoms with Gasteiger partial charge >= 0.3 is 6.18 Å². The van der Waals surface area contributed by atoms with Gasteiger partial charge in [-0.2, -0.15) is 13.2 Å². The highest BCUT2D eigenvalue weighted by Crippen LogP contribution is 2.38. The molecule has 2 aromatic rings. The van der Waals surface area contributed by atoms with Gasteiger partial charge in [0.2, 0.25) is 0 Å². The van der Waals surface area contributed by atoms with Crippen molar-refractivity contribution >= 4 is 27.3 Å². The lowest BCUT2D eigenvalue weighted by atomic mass is 10.2. The van der Waals surface area contributed by atoms with Crippen molar-refractivity contribution in [3.63, 3.8) is 0 Å². The number of rotatable bonds is 5. The third-order valence-electron chi connectivity index (χ3n) is 3.19. The fourth-order valence-corrected chi connectivity index (χ4v) is 3.44. The van der Waals surface area contributed by atoms with Crippen LogP contribution in [0.2, 0.25) is 5.02 Å². The van der Waals surface area contributed by atoms with Gasteiger partial charge in [-0.05, 0) is 30.3 Å². The summed E-state index contributed by atoms with van der Waals surface area (Å²) < 4.78 is 76.2. The monoisotopic (exact) mass is 395 g/mol. The summed E-state index contributed by atoms with van der Waals surface area (Å²) in [4.78, 5) is -0.334. The molecule has 0 atom stereocenters. The van der Waals surface area contributed by atoms with Crippen molar-refractivity contribution in [2.75, 3.05) is 18.9 Å². The summed E-state index contributed by atoms with van der Waals surface area (Å²) in [5, 5.41) is -0.169. The lowest BCUT2D eigenvalue weighted by Crippen LogP contribution is -2.18. The highest BCUT2D eigenvalue weighted by molar-refractivity contribution is 7.92. The quantitative estimate of drug-likeness (QED) is 0.825. The smallest absolute Gasteiger partial charge is 0.418 e. The second kappa shape index (κ2) is 7.01. The summed E-state index contributed by atoms with van der Waals surface area (Å²) in [6, 6.07) is 6.57. The van der Waals surface area contributed by atoms with Crippen LogP contribution in [0, 0.1) is 0 Å². The second-order valence-electron chi connectivity index (χ2n) is 4.81. The Labute approximate surface area is 147 Å². The number of hydrogen-bond acceptors (Lipinski definition) is 4. The largest absolute Gasteiger partial charge is 0.497 e. The Kier molecular flexibility index (Phi) is 5.38. The molecule has 2 rings (SSSR count). The van der Waals surface area contributed by atoms with Crippen LogP contribution in [0.25, 0.3) is 0 Å². The summed E-state index contributed by atoms with van der Waals surface area (Å²) >= 11 is 5.58. The number of alkyl halides is 3. The number of nitrogens with one attached hydrogen (secondary N) is 1. The molecule has 0 fully saturated rings. The van der Waals surface area contributed by atoms with E-state index >= 15 is 0 Å². The lowest BCUT2D eigenvalue weighted by molar-refractivity contribution is -0.136.